The third-order valence-corrected chi connectivity index (χ3v) is 7.09. The van der Waals surface area contributed by atoms with Crippen molar-refractivity contribution >= 4 is 5.91 Å². The molecule has 5 rings (SSSR count). The van der Waals surface area contributed by atoms with Gasteiger partial charge < -0.3 is 9.84 Å². The number of piperidine rings is 1. The Morgan fingerprint density at radius 3 is 2.64 bits per heavy atom. The molecule has 3 aromatic rings. The summed E-state index contributed by atoms with van der Waals surface area (Å²) in [5, 5.41) is 7.27. The molecule has 1 unspecified atom stereocenters. The van der Waals surface area contributed by atoms with Crippen molar-refractivity contribution in [3.05, 3.63) is 71.9 Å². The average Bonchev–Trinajstić information content (AvgIpc) is 3.30. The monoisotopic (exact) mass is 448 g/mol. The van der Waals surface area contributed by atoms with Gasteiger partial charge in [-0.25, -0.2) is 4.39 Å². The normalized spacial score (nSPS) is 20.2. The predicted molar refractivity (Wildman–Crippen MR) is 123 cm³/mol. The van der Waals surface area contributed by atoms with Crippen LogP contribution in [0.3, 0.4) is 0 Å². The highest BCUT2D eigenvalue weighted by atomic mass is 19.1. The molecule has 1 amide bonds. The summed E-state index contributed by atoms with van der Waals surface area (Å²) in [5.74, 6) is 0.907. The molecule has 1 aliphatic heterocycles. The number of nitrogens with zero attached hydrogens (tertiary/aromatic N) is 3. The zero-order chi connectivity index (χ0) is 22.7. The number of aromatic nitrogens is 2. The van der Waals surface area contributed by atoms with E-state index in [-0.39, 0.29) is 23.1 Å². The average molecular weight is 449 g/mol. The molecule has 1 N–H and O–H groups in total. The maximum absolute atomic E-state index is 13.2. The molecule has 2 aliphatic rings. The number of carbonyl (C=O) groups is 1. The summed E-state index contributed by atoms with van der Waals surface area (Å²) in [6, 6.07) is 16.6. The molecule has 2 aromatic carbocycles. The molecule has 1 aliphatic carbocycles. The van der Waals surface area contributed by atoms with E-state index in [0.29, 0.717) is 31.3 Å². The Kier molecular flexibility index (Phi) is 6.22. The molecule has 0 spiro atoms. The fourth-order valence-corrected chi connectivity index (χ4v) is 5.01. The van der Waals surface area contributed by atoms with Crippen molar-refractivity contribution in [3.63, 3.8) is 0 Å². The van der Waals surface area contributed by atoms with Crippen molar-refractivity contribution in [2.45, 2.75) is 43.4 Å². The molecule has 0 radical (unpaired) electrons. The summed E-state index contributed by atoms with van der Waals surface area (Å²) in [4.78, 5) is 19.5. The summed E-state index contributed by atoms with van der Waals surface area (Å²) in [7, 11) is 0. The van der Waals surface area contributed by atoms with Crippen LogP contribution < -0.4 is 5.32 Å². The first-order valence-electron chi connectivity index (χ1n) is 11.8. The van der Waals surface area contributed by atoms with Gasteiger partial charge in [-0.05, 0) is 62.1 Å². The Balaban J connectivity index is 1.16. The van der Waals surface area contributed by atoms with E-state index in [4.69, 9.17) is 4.52 Å². The van der Waals surface area contributed by atoms with Gasteiger partial charge in [0.15, 0.2) is 0 Å². The second-order valence-corrected chi connectivity index (χ2v) is 9.31. The van der Waals surface area contributed by atoms with Crippen LogP contribution in [0.5, 0.6) is 0 Å². The molecule has 1 atom stereocenters. The molecule has 2 fully saturated rings. The van der Waals surface area contributed by atoms with Crippen molar-refractivity contribution in [1.29, 1.82) is 0 Å². The van der Waals surface area contributed by atoms with E-state index in [1.807, 2.05) is 6.07 Å². The number of amides is 1. The molecular formula is C26H29FN4O2. The Labute approximate surface area is 193 Å². The molecular weight excluding hydrogens is 419 g/mol. The van der Waals surface area contributed by atoms with Crippen LogP contribution in [0.2, 0.25) is 0 Å². The fraction of sp³-hybridized carbons (Fsp3) is 0.423. The van der Waals surface area contributed by atoms with Gasteiger partial charge in [0.2, 0.25) is 17.6 Å². The smallest absolute Gasteiger partial charge is 0.234 e. The van der Waals surface area contributed by atoms with Crippen molar-refractivity contribution in [1.82, 2.24) is 20.4 Å². The van der Waals surface area contributed by atoms with Gasteiger partial charge in [0.05, 0.1) is 12.5 Å². The minimum Gasteiger partial charge on any atom is -0.354 e. The highest BCUT2D eigenvalue weighted by Crippen LogP contribution is 2.43. The van der Waals surface area contributed by atoms with Crippen molar-refractivity contribution in [2.24, 2.45) is 0 Å². The molecule has 172 valence electrons. The first kappa shape index (κ1) is 21.8. The highest BCUT2D eigenvalue weighted by molar-refractivity contribution is 5.78. The van der Waals surface area contributed by atoms with Crippen molar-refractivity contribution in [3.8, 4) is 11.4 Å². The second-order valence-electron chi connectivity index (χ2n) is 9.31. The number of benzene rings is 2. The third-order valence-electron chi connectivity index (χ3n) is 7.09. The number of rotatable bonds is 7. The number of carbonyl (C=O) groups excluding carboxylic acids is 1. The van der Waals surface area contributed by atoms with E-state index in [2.05, 4.69) is 44.6 Å². The number of halogens is 1. The van der Waals surface area contributed by atoms with Crippen LogP contribution >= 0.6 is 0 Å². The van der Waals surface area contributed by atoms with E-state index < -0.39 is 0 Å². The van der Waals surface area contributed by atoms with Crippen LogP contribution in [0.1, 0.15) is 49.5 Å². The van der Waals surface area contributed by atoms with Gasteiger partial charge in [0.1, 0.15) is 5.82 Å². The zero-order valence-electron chi connectivity index (χ0n) is 18.7. The quantitative estimate of drug-likeness (QED) is 0.584. The summed E-state index contributed by atoms with van der Waals surface area (Å²) >= 11 is 0. The lowest BCUT2D eigenvalue weighted by molar-refractivity contribution is -0.123. The largest absolute Gasteiger partial charge is 0.354 e. The lowest BCUT2D eigenvalue weighted by Crippen LogP contribution is -2.48. The van der Waals surface area contributed by atoms with Crippen molar-refractivity contribution < 1.29 is 13.7 Å². The van der Waals surface area contributed by atoms with Gasteiger partial charge in [-0.3, -0.25) is 9.69 Å². The Morgan fingerprint density at radius 1 is 1.12 bits per heavy atom. The van der Waals surface area contributed by atoms with E-state index in [1.165, 1.54) is 24.1 Å². The van der Waals surface area contributed by atoms with Crippen LogP contribution in [0, 0.1) is 5.82 Å². The number of nitrogens with one attached hydrogen (secondary N) is 1. The standard InChI is InChI=1S/C26H29FN4O2/c27-22-11-9-19(10-12-22)24-29-25(33-30-24)20-6-4-15-31(16-20)17-23(32)28-18-26(13-5-14-26)21-7-2-1-3-8-21/h1-3,7-12,20H,4-6,13-18H2,(H,28,32). The first-order valence-corrected chi connectivity index (χ1v) is 11.8. The number of hydrogen-bond donors (Lipinski definition) is 1. The topological polar surface area (TPSA) is 71.3 Å². The van der Waals surface area contributed by atoms with Crippen LogP contribution in [-0.2, 0) is 10.2 Å². The van der Waals surface area contributed by atoms with Crippen molar-refractivity contribution in [2.75, 3.05) is 26.2 Å². The zero-order valence-corrected chi connectivity index (χ0v) is 18.7. The SMILES string of the molecule is O=C(CN1CCCC(c2nc(-c3ccc(F)cc3)no2)C1)NCC1(c2ccccc2)CCC1. The molecule has 2 heterocycles. The van der Waals surface area contributed by atoms with Crippen LogP contribution in [-0.4, -0.2) is 47.1 Å². The van der Waals surface area contributed by atoms with E-state index >= 15 is 0 Å². The minimum absolute atomic E-state index is 0.0652. The number of likely N-dealkylation sites (tertiary alicyclic amines) is 1. The lowest BCUT2D eigenvalue weighted by atomic mass is 9.64. The van der Waals surface area contributed by atoms with Gasteiger partial charge in [-0.2, -0.15) is 4.98 Å². The van der Waals surface area contributed by atoms with Gasteiger partial charge in [-0.15, -0.1) is 0 Å². The van der Waals surface area contributed by atoms with E-state index in [0.717, 1.165) is 37.8 Å². The summed E-state index contributed by atoms with van der Waals surface area (Å²) in [6.45, 7) is 2.66. The van der Waals surface area contributed by atoms with E-state index in [1.54, 1.807) is 12.1 Å². The fourth-order valence-electron chi connectivity index (χ4n) is 5.01. The minimum atomic E-state index is -0.296. The maximum Gasteiger partial charge on any atom is 0.234 e. The maximum atomic E-state index is 13.2. The molecule has 1 saturated heterocycles. The van der Waals surface area contributed by atoms with Gasteiger partial charge >= 0.3 is 0 Å². The van der Waals surface area contributed by atoms with Crippen LogP contribution in [0.15, 0.2) is 59.1 Å². The molecule has 0 bridgehead atoms. The Bertz CT molecular complexity index is 1080. The van der Waals surface area contributed by atoms with Gasteiger partial charge in [-0.1, -0.05) is 41.9 Å². The van der Waals surface area contributed by atoms with Crippen LogP contribution in [0.4, 0.5) is 4.39 Å². The molecule has 33 heavy (non-hydrogen) atoms. The Morgan fingerprint density at radius 2 is 1.91 bits per heavy atom. The van der Waals surface area contributed by atoms with Gasteiger partial charge in [0.25, 0.3) is 0 Å². The molecule has 1 aromatic heterocycles. The van der Waals surface area contributed by atoms with E-state index in [9.17, 15) is 9.18 Å². The first-order chi connectivity index (χ1) is 16.1. The summed E-state index contributed by atoms with van der Waals surface area (Å²) < 4.78 is 18.7. The van der Waals surface area contributed by atoms with Gasteiger partial charge in [0, 0.05) is 24.1 Å². The molecule has 1 saturated carbocycles. The third kappa shape index (κ3) is 4.83. The number of hydrogen-bond acceptors (Lipinski definition) is 5. The Hall–Kier alpha value is -3.06. The predicted octanol–water partition coefficient (Wildman–Crippen LogP) is 4.29. The summed E-state index contributed by atoms with van der Waals surface area (Å²) in [5.41, 5.74) is 2.13. The highest BCUT2D eigenvalue weighted by Gasteiger charge is 2.38. The van der Waals surface area contributed by atoms with Crippen LogP contribution in [0.25, 0.3) is 11.4 Å². The molecule has 7 heteroatoms. The molecule has 6 nitrogen and oxygen atoms in total. The second kappa shape index (κ2) is 9.43. The lowest BCUT2D eigenvalue weighted by Gasteiger charge is -2.42. The summed E-state index contributed by atoms with van der Waals surface area (Å²) in [6.07, 6.45) is 5.37.